The minimum atomic E-state index is -0.0991. The van der Waals surface area contributed by atoms with E-state index in [9.17, 15) is 0 Å². The van der Waals surface area contributed by atoms with Crippen LogP contribution in [0.15, 0.2) is 140 Å². The molecule has 66 heavy (non-hydrogen) atoms. The van der Waals surface area contributed by atoms with Crippen molar-refractivity contribution >= 4 is 17.1 Å². The van der Waals surface area contributed by atoms with Crippen molar-refractivity contribution in [3.63, 3.8) is 0 Å². The number of anilines is 3. The average Bonchev–Trinajstić information content (AvgIpc) is 3.50. The molecule has 2 aliphatic rings. The van der Waals surface area contributed by atoms with Gasteiger partial charge in [0.15, 0.2) is 0 Å². The third kappa shape index (κ3) is 8.49. The van der Waals surface area contributed by atoms with Crippen molar-refractivity contribution in [3.8, 4) is 44.5 Å². The summed E-state index contributed by atoms with van der Waals surface area (Å²) >= 11 is 0. The molecular formula is C65H73N. The molecule has 0 N–H and O–H groups in total. The molecule has 0 aliphatic heterocycles. The van der Waals surface area contributed by atoms with Gasteiger partial charge in [-0.15, -0.1) is 0 Å². The van der Waals surface area contributed by atoms with Gasteiger partial charge in [0.05, 0.1) is 0 Å². The van der Waals surface area contributed by atoms with E-state index in [1.807, 2.05) is 0 Å². The summed E-state index contributed by atoms with van der Waals surface area (Å²) in [6.45, 7) is 32.7. The minimum absolute atomic E-state index is 0.0508. The highest BCUT2D eigenvalue weighted by Crippen LogP contribution is 2.52. The lowest BCUT2D eigenvalue weighted by molar-refractivity contribution is 0.568. The molecule has 2 aliphatic carbocycles. The lowest BCUT2D eigenvalue weighted by Gasteiger charge is -2.32. The molecule has 0 bridgehead atoms. The minimum Gasteiger partial charge on any atom is -0.310 e. The zero-order valence-corrected chi connectivity index (χ0v) is 42.6. The maximum atomic E-state index is 2.57. The first-order valence-corrected chi connectivity index (χ1v) is 24.7. The molecule has 0 unspecified atom stereocenters. The van der Waals surface area contributed by atoms with Gasteiger partial charge < -0.3 is 4.90 Å². The Kier molecular flexibility index (Phi) is 11.2. The van der Waals surface area contributed by atoms with Crippen molar-refractivity contribution < 1.29 is 0 Å². The molecule has 0 heterocycles. The number of hydrogen-bond donors (Lipinski definition) is 0. The fraction of sp³-hybridized carbons (Fsp3) is 0.354. The number of benzene rings is 7. The third-order valence-electron chi connectivity index (χ3n) is 14.9. The Hall–Kier alpha value is -5.66. The van der Waals surface area contributed by atoms with Gasteiger partial charge in [-0.05, 0) is 167 Å². The average molecular weight is 868 g/mol. The Balaban J connectivity index is 1.16. The van der Waals surface area contributed by atoms with Gasteiger partial charge in [-0.3, -0.25) is 0 Å². The molecule has 0 radical (unpaired) electrons. The Morgan fingerprint density at radius 2 is 0.788 bits per heavy atom. The smallest absolute Gasteiger partial charge is 0.0496 e. The zero-order chi connectivity index (χ0) is 47.1. The van der Waals surface area contributed by atoms with Crippen molar-refractivity contribution in [2.45, 2.75) is 150 Å². The second-order valence-corrected chi connectivity index (χ2v) is 24.3. The van der Waals surface area contributed by atoms with Crippen LogP contribution in [0.5, 0.6) is 0 Å². The van der Waals surface area contributed by atoms with Crippen LogP contribution in [0.2, 0.25) is 0 Å². The number of nitrogens with zero attached hydrogens (tertiary/aromatic N) is 1. The summed E-state index contributed by atoms with van der Waals surface area (Å²) in [5.74, 6) is 0. The van der Waals surface area contributed by atoms with Crippen LogP contribution in [0.1, 0.15) is 154 Å². The predicted molar refractivity (Wildman–Crippen MR) is 286 cm³/mol. The maximum Gasteiger partial charge on any atom is 0.0496 e. The molecule has 7 aromatic carbocycles. The van der Waals surface area contributed by atoms with Crippen LogP contribution >= 0.6 is 0 Å². The normalized spacial score (nSPS) is 14.7. The van der Waals surface area contributed by atoms with E-state index in [1.165, 1.54) is 119 Å². The SMILES string of the molecule is CC(C)(C)c1cc(-c2ccc(-c3ccc(N(c4ccc(-c5cc(C(C)(C)C)cc(C(C)(C)C)c5)cc4)c4ccc5c(c4)C(C)(C)c4ccccc4-5)c4c3CCCC4)cc2)cc(C(C)(C)C)c1. The van der Waals surface area contributed by atoms with Crippen molar-refractivity contribution in [2.75, 3.05) is 4.90 Å². The van der Waals surface area contributed by atoms with Crippen LogP contribution in [0, 0.1) is 0 Å². The van der Waals surface area contributed by atoms with E-state index in [2.05, 4.69) is 241 Å². The summed E-state index contributed by atoms with van der Waals surface area (Å²) in [6, 6.07) is 54.5. The van der Waals surface area contributed by atoms with Gasteiger partial charge in [-0.2, -0.15) is 0 Å². The highest BCUT2D eigenvalue weighted by atomic mass is 15.1. The van der Waals surface area contributed by atoms with Gasteiger partial charge in [0.2, 0.25) is 0 Å². The summed E-state index contributed by atoms with van der Waals surface area (Å²) in [7, 11) is 0. The number of rotatable bonds is 6. The van der Waals surface area contributed by atoms with E-state index in [-0.39, 0.29) is 27.1 Å². The molecule has 1 heteroatoms. The van der Waals surface area contributed by atoms with Gasteiger partial charge in [-0.1, -0.05) is 206 Å². The largest absolute Gasteiger partial charge is 0.310 e. The van der Waals surface area contributed by atoms with Gasteiger partial charge in [-0.25, -0.2) is 0 Å². The number of fused-ring (bicyclic) bond motifs is 4. The van der Waals surface area contributed by atoms with Gasteiger partial charge in [0.25, 0.3) is 0 Å². The first-order valence-electron chi connectivity index (χ1n) is 24.7. The second-order valence-electron chi connectivity index (χ2n) is 24.3. The summed E-state index contributed by atoms with van der Waals surface area (Å²) < 4.78 is 0. The number of hydrogen-bond acceptors (Lipinski definition) is 1. The molecule has 0 spiro atoms. The van der Waals surface area contributed by atoms with Crippen LogP contribution in [0.4, 0.5) is 17.1 Å². The van der Waals surface area contributed by atoms with E-state index >= 15 is 0 Å². The molecule has 0 amide bonds. The van der Waals surface area contributed by atoms with Crippen LogP contribution in [-0.2, 0) is 39.9 Å². The molecule has 0 aromatic heterocycles. The third-order valence-corrected chi connectivity index (χ3v) is 14.9. The van der Waals surface area contributed by atoms with Crippen LogP contribution in [0.3, 0.4) is 0 Å². The molecular weight excluding hydrogens is 795 g/mol. The molecule has 0 saturated carbocycles. The molecule has 0 fully saturated rings. The van der Waals surface area contributed by atoms with Gasteiger partial charge >= 0.3 is 0 Å². The first-order chi connectivity index (χ1) is 31.0. The fourth-order valence-corrected chi connectivity index (χ4v) is 10.6. The molecule has 0 atom stereocenters. The van der Waals surface area contributed by atoms with Crippen molar-refractivity contribution in [1.82, 2.24) is 0 Å². The van der Waals surface area contributed by atoms with Crippen LogP contribution < -0.4 is 4.90 Å². The van der Waals surface area contributed by atoms with E-state index in [4.69, 9.17) is 0 Å². The topological polar surface area (TPSA) is 3.24 Å². The van der Waals surface area contributed by atoms with Gasteiger partial charge in [0, 0.05) is 22.5 Å². The van der Waals surface area contributed by atoms with Gasteiger partial charge in [0.1, 0.15) is 0 Å². The Bertz CT molecular complexity index is 2880. The second kappa shape index (κ2) is 16.3. The van der Waals surface area contributed by atoms with E-state index in [0.29, 0.717) is 0 Å². The van der Waals surface area contributed by atoms with Crippen LogP contribution in [-0.4, -0.2) is 0 Å². The Labute approximate surface area is 398 Å². The molecule has 1 nitrogen and oxygen atoms in total. The first kappa shape index (κ1) is 45.5. The summed E-state index contributed by atoms with van der Waals surface area (Å²) in [6.07, 6.45) is 4.56. The quantitative estimate of drug-likeness (QED) is 0.161. The highest BCUT2D eigenvalue weighted by Gasteiger charge is 2.36. The summed E-state index contributed by atoms with van der Waals surface area (Å²) in [4.78, 5) is 2.57. The fourth-order valence-electron chi connectivity index (χ4n) is 10.6. The Morgan fingerprint density at radius 3 is 1.30 bits per heavy atom. The lowest BCUT2D eigenvalue weighted by atomic mass is 9.79. The van der Waals surface area contributed by atoms with E-state index < -0.39 is 0 Å². The summed E-state index contributed by atoms with van der Waals surface area (Å²) in [5, 5.41) is 0. The standard InChI is InChI=1S/C65H73N/c1-61(2,3)47-35-45(36-48(39-47)62(4,5)6)42-23-25-44(26-24-42)53-33-34-60(57-21-16-15-19-54(53)57)66(52-31-32-56-55-20-17-18-22-58(55)65(13,14)59(56)41-52)51-29-27-43(28-30-51)46-37-49(63(7,8)9)40-50(38-46)64(10,11)12/h17-18,20,22-41H,15-16,19,21H2,1-14H3. The van der Waals surface area contributed by atoms with E-state index in [0.717, 1.165) is 12.8 Å². The van der Waals surface area contributed by atoms with Crippen molar-refractivity contribution in [1.29, 1.82) is 0 Å². The van der Waals surface area contributed by atoms with Crippen LogP contribution in [0.25, 0.3) is 44.5 Å². The maximum absolute atomic E-state index is 2.57. The molecule has 9 rings (SSSR count). The molecule has 0 saturated heterocycles. The van der Waals surface area contributed by atoms with Crippen molar-refractivity contribution in [2.24, 2.45) is 0 Å². The molecule has 338 valence electrons. The lowest BCUT2D eigenvalue weighted by Crippen LogP contribution is -2.18. The Morgan fingerprint density at radius 1 is 0.364 bits per heavy atom. The summed E-state index contributed by atoms with van der Waals surface area (Å²) in [5.41, 5.74) is 25.6. The van der Waals surface area contributed by atoms with E-state index in [1.54, 1.807) is 0 Å². The van der Waals surface area contributed by atoms with Crippen molar-refractivity contribution in [3.05, 3.63) is 184 Å². The highest BCUT2D eigenvalue weighted by molar-refractivity contribution is 5.88. The molecule has 7 aromatic rings. The predicted octanol–water partition coefficient (Wildman–Crippen LogP) is 18.5. The zero-order valence-electron chi connectivity index (χ0n) is 42.6. The monoisotopic (exact) mass is 868 g/mol.